The Kier molecular flexibility index (Phi) is 3.57. The van der Waals surface area contributed by atoms with Gasteiger partial charge in [0.25, 0.3) is 5.56 Å². The van der Waals surface area contributed by atoms with E-state index in [0.717, 1.165) is 18.4 Å². The Morgan fingerprint density at radius 3 is 2.26 bits per heavy atom. The van der Waals surface area contributed by atoms with E-state index >= 15 is 0 Å². The van der Waals surface area contributed by atoms with Crippen molar-refractivity contribution in [3.63, 3.8) is 0 Å². The molecule has 0 saturated heterocycles. The van der Waals surface area contributed by atoms with Gasteiger partial charge < -0.3 is 4.57 Å². The highest BCUT2D eigenvalue weighted by Crippen LogP contribution is 2.32. The molecule has 1 saturated carbocycles. The maximum absolute atomic E-state index is 13.2. The second-order valence-corrected chi connectivity index (χ2v) is 6.89. The number of imidazole rings is 1. The molecule has 2 aromatic heterocycles. The molecule has 4 aromatic rings. The van der Waals surface area contributed by atoms with Crippen LogP contribution in [0.4, 0.5) is 0 Å². The number of nitrogens with zero attached hydrogens (tertiary/aromatic N) is 4. The lowest BCUT2D eigenvalue weighted by molar-refractivity contribution is 0.639. The minimum Gasteiger partial charge on any atom is -0.320 e. The van der Waals surface area contributed by atoms with Crippen LogP contribution < -0.4 is 11.2 Å². The van der Waals surface area contributed by atoms with E-state index < -0.39 is 0 Å². The third-order valence-electron chi connectivity index (χ3n) is 4.97. The summed E-state index contributed by atoms with van der Waals surface area (Å²) >= 11 is 0. The Morgan fingerprint density at radius 1 is 0.926 bits per heavy atom. The average Bonchev–Trinajstić information content (AvgIpc) is 3.44. The maximum atomic E-state index is 13.2. The fourth-order valence-corrected chi connectivity index (χ4v) is 3.52. The summed E-state index contributed by atoms with van der Waals surface area (Å²) < 4.78 is 4.79. The van der Waals surface area contributed by atoms with Crippen molar-refractivity contribution >= 4 is 11.2 Å². The van der Waals surface area contributed by atoms with Gasteiger partial charge in [0.2, 0.25) is 0 Å². The van der Waals surface area contributed by atoms with Gasteiger partial charge in [-0.15, -0.1) is 0 Å². The normalized spacial score (nSPS) is 13.9. The summed E-state index contributed by atoms with van der Waals surface area (Å²) in [7, 11) is 0. The number of aromatic nitrogens is 4. The van der Waals surface area contributed by atoms with Crippen LogP contribution in [0, 0.1) is 0 Å². The molecule has 0 aliphatic heterocycles. The zero-order valence-corrected chi connectivity index (χ0v) is 14.7. The molecule has 0 atom stereocenters. The molecule has 1 aliphatic rings. The number of hydrogen-bond acceptors (Lipinski definition) is 3. The van der Waals surface area contributed by atoms with Gasteiger partial charge in [-0.3, -0.25) is 9.36 Å². The topological polar surface area (TPSA) is 61.8 Å². The molecule has 2 aromatic carbocycles. The Morgan fingerprint density at radius 2 is 1.59 bits per heavy atom. The zero-order chi connectivity index (χ0) is 18.4. The van der Waals surface area contributed by atoms with Crippen LogP contribution in [0.25, 0.3) is 16.9 Å². The average molecular weight is 358 g/mol. The molecule has 0 unspecified atom stereocenters. The number of hydrogen-bond donors (Lipinski definition) is 0. The highest BCUT2D eigenvalue weighted by atomic mass is 16.2. The molecule has 27 heavy (non-hydrogen) atoms. The summed E-state index contributed by atoms with van der Waals surface area (Å²) in [5, 5.41) is 0. The summed E-state index contributed by atoms with van der Waals surface area (Å²) in [6, 6.07) is 19.3. The van der Waals surface area contributed by atoms with E-state index in [1.807, 2.05) is 65.2 Å². The van der Waals surface area contributed by atoms with Crippen LogP contribution in [0.1, 0.15) is 24.4 Å². The molecule has 1 fully saturated rings. The number of rotatable bonds is 4. The third kappa shape index (κ3) is 2.61. The monoisotopic (exact) mass is 358 g/mol. The van der Waals surface area contributed by atoms with Crippen LogP contribution in [-0.2, 0) is 6.54 Å². The molecule has 6 nitrogen and oxygen atoms in total. The molecule has 6 heteroatoms. The number of para-hydroxylation sites is 1. The first kappa shape index (κ1) is 15.8. The second kappa shape index (κ2) is 6.09. The van der Waals surface area contributed by atoms with E-state index in [-0.39, 0.29) is 17.3 Å². The Hall–Kier alpha value is -3.41. The SMILES string of the molecule is O=c1c2c(ncn2Cc2ccccc2)n(-c2ccccc2)c(=O)n1C1CC1. The van der Waals surface area contributed by atoms with Crippen molar-refractivity contribution in [2.45, 2.75) is 25.4 Å². The van der Waals surface area contributed by atoms with Gasteiger partial charge in [0.05, 0.1) is 12.0 Å². The number of benzene rings is 2. The Bertz CT molecular complexity index is 1230. The fourth-order valence-electron chi connectivity index (χ4n) is 3.52. The van der Waals surface area contributed by atoms with Crippen molar-refractivity contribution < 1.29 is 0 Å². The third-order valence-corrected chi connectivity index (χ3v) is 4.97. The highest BCUT2D eigenvalue weighted by Gasteiger charge is 2.30. The van der Waals surface area contributed by atoms with Crippen molar-refractivity contribution in [1.82, 2.24) is 18.7 Å². The molecule has 0 bridgehead atoms. The van der Waals surface area contributed by atoms with Crippen LogP contribution in [0.5, 0.6) is 0 Å². The summed E-state index contributed by atoms with van der Waals surface area (Å²) in [6.45, 7) is 0.532. The molecule has 134 valence electrons. The lowest BCUT2D eigenvalue weighted by Gasteiger charge is -2.12. The Balaban J connectivity index is 1.80. The molecule has 5 rings (SSSR count). The van der Waals surface area contributed by atoms with E-state index in [4.69, 9.17) is 0 Å². The van der Waals surface area contributed by atoms with Crippen LogP contribution in [0.3, 0.4) is 0 Å². The van der Waals surface area contributed by atoms with Crippen molar-refractivity contribution in [1.29, 1.82) is 0 Å². The van der Waals surface area contributed by atoms with Gasteiger partial charge in [0.1, 0.15) is 0 Å². The lowest BCUT2D eigenvalue weighted by Crippen LogP contribution is -2.39. The van der Waals surface area contributed by atoms with Gasteiger partial charge in [-0.1, -0.05) is 48.5 Å². The van der Waals surface area contributed by atoms with Crippen molar-refractivity contribution in [2.24, 2.45) is 0 Å². The summed E-state index contributed by atoms with van der Waals surface area (Å²) in [6.07, 6.45) is 3.37. The molecular formula is C21H18N4O2. The summed E-state index contributed by atoms with van der Waals surface area (Å²) in [5.74, 6) is 0. The van der Waals surface area contributed by atoms with Crippen LogP contribution in [0.15, 0.2) is 76.6 Å². The van der Waals surface area contributed by atoms with Gasteiger partial charge in [0.15, 0.2) is 11.2 Å². The summed E-state index contributed by atoms with van der Waals surface area (Å²) in [5.41, 5.74) is 2.10. The van der Waals surface area contributed by atoms with Crippen LogP contribution >= 0.6 is 0 Å². The number of fused-ring (bicyclic) bond motifs is 1. The smallest absolute Gasteiger partial charge is 0.320 e. The quantitative estimate of drug-likeness (QED) is 0.564. The fraction of sp³-hybridized carbons (Fsp3) is 0.190. The van der Waals surface area contributed by atoms with E-state index in [0.29, 0.717) is 23.4 Å². The van der Waals surface area contributed by atoms with E-state index in [2.05, 4.69) is 4.98 Å². The van der Waals surface area contributed by atoms with E-state index in [1.54, 1.807) is 10.9 Å². The van der Waals surface area contributed by atoms with E-state index in [1.165, 1.54) is 4.57 Å². The lowest BCUT2D eigenvalue weighted by atomic mass is 10.2. The molecule has 0 amide bonds. The van der Waals surface area contributed by atoms with Crippen LogP contribution in [-0.4, -0.2) is 18.7 Å². The van der Waals surface area contributed by atoms with Gasteiger partial charge in [-0.25, -0.2) is 14.3 Å². The predicted octanol–water partition coefficient (Wildman–Crippen LogP) is 2.73. The van der Waals surface area contributed by atoms with Crippen molar-refractivity contribution in [3.8, 4) is 5.69 Å². The van der Waals surface area contributed by atoms with E-state index in [9.17, 15) is 9.59 Å². The molecule has 2 heterocycles. The van der Waals surface area contributed by atoms with Crippen LogP contribution in [0.2, 0.25) is 0 Å². The van der Waals surface area contributed by atoms with Gasteiger partial charge in [-0.05, 0) is 30.5 Å². The largest absolute Gasteiger partial charge is 0.337 e. The minimum absolute atomic E-state index is 0.00978. The minimum atomic E-state index is -0.314. The standard InChI is InChI=1S/C21H18N4O2/c26-20-18-19(22-14-23(18)13-15-7-3-1-4-8-15)24(16-9-5-2-6-10-16)21(27)25(20)17-11-12-17/h1-10,14,17H,11-13H2. The summed E-state index contributed by atoms with van der Waals surface area (Å²) in [4.78, 5) is 30.8. The predicted molar refractivity (Wildman–Crippen MR) is 103 cm³/mol. The van der Waals surface area contributed by atoms with Gasteiger partial charge in [0, 0.05) is 12.6 Å². The van der Waals surface area contributed by atoms with Gasteiger partial charge in [-0.2, -0.15) is 0 Å². The molecule has 0 radical (unpaired) electrons. The van der Waals surface area contributed by atoms with Crippen molar-refractivity contribution in [2.75, 3.05) is 0 Å². The first-order valence-corrected chi connectivity index (χ1v) is 9.06. The zero-order valence-electron chi connectivity index (χ0n) is 14.7. The first-order chi connectivity index (χ1) is 13.2. The molecule has 0 N–H and O–H groups in total. The second-order valence-electron chi connectivity index (χ2n) is 6.89. The molecular weight excluding hydrogens is 340 g/mol. The highest BCUT2D eigenvalue weighted by molar-refractivity contribution is 5.72. The Labute approximate surface area is 155 Å². The first-order valence-electron chi connectivity index (χ1n) is 9.06. The molecule has 0 spiro atoms. The maximum Gasteiger partial charge on any atom is 0.337 e. The molecule has 1 aliphatic carbocycles. The van der Waals surface area contributed by atoms with Crippen molar-refractivity contribution in [3.05, 3.63) is 93.4 Å². The van der Waals surface area contributed by atoms with Gasteiger partial charge >= 0.3 is 5.69 Å².